The van der Waals surface area contributed by atoms with E-state index in [4.69, 9.17) is 11.6 Å². The molecule has 0 saturated carbocycles. The van der Waals surface area contributed by atoms with Crippen LogP contribution in [0.1, 0.15) is 33.8 Å². The lowest BCUT2D eigenvalue weighted by Gasteiger charge is -2.18. The first-order chi connectivity index (χ1) is 16.7. The van der Waals surface area contributed by atoms with Crippen LogP contribution in [-0.2, 0) is 0 Å². The minimum atomic E-state index is -0.189. The summed E-state index contributed by atoms with van der Waals surface area (Å²) in [6.45, 7) is 0.526. The Morgan fingerprint density at radius 3 is 2.29 bits per heavy atom. The smallest absolute Gasteiger partial charge is 0.256 e. The van der Waals surface area contributed by atoms with Gasteiger partial charge >= 0.3 is 0 Å². The van der Waals surface area contributed by atoms with Crippen molar-refractivity contribution in [1.82, 2.24) is 19.9 Å². The molecular formula is C28H23ClN4O. The van der Waals surface area contributed by atoms with E-state index in [0.717, 1.165) is 17.7 Å². The minimum absolute atomic E-state index is 0.189. The molecule has 0 spiro atoms. The molecule has 5 rings (SSSR count). The van der Waals surface area contributed by atoms with E-state index in [1.54, 1.807) is 16.9 Å². The molecule has 0 radical (unpaired) electrons. The Bertz CT molecular complexity index is 1380. The summed E-state index contributed by atoms with van der Waals surface area (Å²) in [7, 11) is 0. The molecule has 3 aromatic carbocycles. The lowest BCUT2D eigenvalue weighted by Crippen LogP contribution is -2.26. The molecule has 1 amide bonds. The maximum absolute atomic E-state index is 13.1. The Labute approximate surface area is 203 Å². The fourth-order valence-corrected chi connectivity index (χ4v) is 4.43. The highest BCUT2D eigenvalue weighted by molar-refractivity contribution is 6.30. The van der Waals surface area contributed by atoms with E-state index in [9.17, 15) is 4.79 Å². The van der Waals surface area contributed by atoms with Crippen molar-refractivity contribution in [3.05, 3.63) is 125 Å². The SMILES string of the molecule is O=C(NCCC(c1ccccc1)c1ccccc1)c1cnn2c(-c3cccc(Cl)c3)ccnc12. The molecule has 1 N–H and O–H groups in total. The molecule has 0 aliphatic carbocycles. The third kappa shape index (κ3) is 4.56. The molecule has 0 saturated heterocycles. The lowest BCUT2D eigenvalue weighted by molar-refractivity contribution is 0.0954. The van der Waals surface area contributed by atoms with Crippen LogP contribution < -0.4 is 5.32 Å². The number of fused-ring (bicyclic) bond motifs is 1. The standard InChI is InChI=1S/C28H23ClN4O/c29-23-13-7-12-22(18-23)26-15-17-30-27-25(19-32-33(26)27)28(34)31-16-14-24(20-8-3-1-4-9-20)21-10-5-2-6-11-21/h1-13,15,17-19,24H,14,16H2,(H,31,34). The first-order valence-corrected chi connectivity index (χ1v) is 11.6. The molecule has 0 aliphatic heterocycles. The predicted octanol–water partition coefficient (Wildman–Crippen LogP) is 6.00. The highest BCUT2D eigenvalue weighted by Gasteiger charge is 2.18. The van der Waals surface area contributed by atoms with Gasteiger partial charge in [0.2, 0.25) is 0 Å². The van der Waals surface area contributed by atoms with Crippen molar-refractivity contribution in [2.75, 3.05) is 6.54 Å². The van der Waals surface area contributed by atoms with E-state index in [1.807, 2.05) is 66.7 Å². The fraction of sp³-hybridized carbons (Fsp3) is 0.107. The Balaban J connectivity index is 1.34. The van der Waals surface area contributed by atoms with E-state index < -0.39 is 0 Å². The molecular weight excluding hydrogens is 444 g/mol. The van der Waals surface area contributed by atoms with Crippen molar-refractivity contribution < 1.29 is 4.79 Å². The summed E-state index contributed by atoms with van der Waals surface area (Å²) < 4.78 is 1.68. The number of hydrogen-bond acceptors (Lipinski definition) is 3. The number of carbonyl (C=O) groups is 1. The molecule has 5 nitrogen and oxygen atoms in total. The summed E-state index contributed by atoms with van der Waals surface area (Å²) in [4.78, 5) is 17.5. The van der Waals surface area contributed by atoms with Crippen LogP contribution in [0.25, 0.3) is 16.9 Å². The summed E-state index contributed by atoms with van der Waals surface area (Å²) in [6, 6.07) is 30.1. The Morgan fingerprint density at radius 2 is 1.62 bits per heavy atom. The van der Waals surface area contributed by atoms with Gasteiger partial charge in [0, 0.05) is 29.2 Å². The van der Waals surface area contributed by atoms with E-state index in [0.29, 0.717) is 22.8 Å². The van der Waals surface area contributed by atoms with E-state index in [2.05, 4.69) is 39.7 Å². The normalized spacial score (nSPS) is 11.1. The molecule has 34 heavy (non-hydrogen) atoms. The Morgan fingerprint density at radius 1 is 0.912 bits per heavy atom. The van der Waals surface area contributed by atoms with Gasteiger partial charge < -0.3 is 5.32 Å². The maximum Gasteiger partial charge on any atom is 0.256 e. The van der Waals surface area contributed by atoms with Crippen LogP contribution in [0.15, 0.2) is 103 Å². The zero-order valence-electron chi connectivity index (χ0n) is 18.4. The average molecular weight is 467 g/mol. The van der Waals surface area contributed by atoms with Crippen molar-refractivity contribution in [1.29, 1.82) is 0 Å². The van der Waals surface area contributed by atoms with Crippen LogP contribution in [0.4, 0.5) is 0 Å². The number of nitrogens with zero attached hydrogens (tertiary/aromatic N) is 3. The van der Waals surface area contributed by atoms with Gasteiger partial charge in [0.25, 0.3) is 5.91 Å². The number of nitrogens with one attached hydrogen (secondary N) is 1. The second kappa shape index (κ2) is 9.89. The van der Waals surface area contributed by atoms with Crippen LogP contribution in [0, 0.1) is 0 Å². The van der Waals surface area contributed by atoms with Gasteiger partial charge in [-0.1, -0.05) is 84.4 Å². The summed E-state index contributed by atoms with van der Waals surface area (Å²) >= 11 is 6.16. The first-order valence-electron chi connectivity index (χ1n) is 11.2. The van der Waals surface area contributed by atoms with E-state index in [-0.39, 0.29) is 11.8 Å². The van der Waals surface area contributed by atoms with Gasteiger partial charge in [0.15, 0.2) is 5.65 Å². The average Bonchev–Trinajstić information content (AvgIpc) is 3.32. The lowest BCUT2D eigenvalue weighted by atomic mass is 9.88. The summed E-state index contributed by atoms with van der Waals surface area (Å²) in [5.41, 5.74) is 5.14. The third-order valence-corrected chi connectivity index (χ3v) is 6.12. The van der Waals surface area contributed by atoms with Gasteiger partial charge in [0.05, 0.1) is 11.9 Å². The maximum atomic E-state index is 13.1. The van der Waals surface area contributed by atoms with Crippen LogP contribution in [0.2, 0.25) is 5.02 Å². The van der Waals surface area contributed by atoms with Crippen LogP contribution in [0.3, 0.4) is 0 Å². The van der Waals surface area contributed by atoms with E-state index >= 15 is 0 Å². The Hall–Kier alpha value is -3.96. The molecule has 0 atom stereocenters. The number of hydrogen-bond donors (Lipinski definition) is 1. The van der Waals surface area contributed by atoms with Gasteiger partial charge in [-0.15, -0.1) is 0 Å². The quantitative estimate of drug-likeness (QED) is 0.320. The number of rotatable bonds is 7. The molecule has 0 fully saturated rings. The molecule has 5 aromatic rings. The number of benzene rings is 3. The topological polar surface area (TPSA) is 59.3 Å². The molecule has 0 aliphatic rings. The van der Waals surface area contributed by atoms with Gasteiger partial charge in [-0.2, -0.15) is 5.10 Å². The molecule has 0 bridgehead atoms. The molecule has 168 valence electrons. The number of aromatic nitrogens is 3. The van der Waals surface area contributed by atoms with Crippen molar-refractivity contribution in [3.63, 3.8) is 0 Å². The predicted molar refractivity (Wildman–Crippen MR) is 135 cm³/mol. The second-order valence-electron chi connectivity index (χ2n) is 8.05. The summed E-state index contributed by atoms with van der Waals surface area (Å²) in [5.74, 6) is 0.00443. The molecule has 2 aromatic heterocycles. The number of halogens is 1. The highest BCUT2D eigenvalue weighted by atomic mass is 35.5. The second-order valence-corrected chi connectivity index (χ2v) is 8.49. The monoisotopic (exact) mass is 466 g/mol. The summed E-state index contributed by atoms with van der Waals surface area (Å²) in [6.07, 6.45) is 4.03. The third-order valence-electron chi connectivity index (χ3n) is 5.89. The van der Waals surface area contributed by atoms with Crippen LogP contribution in [-0.4, -0.2) is 27.0 Å². The van der Waals surface area contributed by atoms with Gasteiger partial charge in [-0.3, -0.25) is 4.79 Å². The van der Waals surface area contributed by atoms with Gasteiger partial charge in [-0.05, 0) is 35.7 Å². The fourth-order valence-electron chi connectivity index (χ4n) is 4.24. The van der Waals surface area contributed by atoms with Gasteiger partial charge in [-0.25, -0.2) is 9.50 Å². The first kappa shape index (κ1) is 21.9. The van der Waals surface area contributed by atoms with Crippen molar-refractivity contribution in [2.45, 2.75) is 12.3 Å². The van der Waals surface area contributed by atoms with Crippen molar-refractivity contribution >= 4 is 23.2 Å². The van der Waals surface area contributed by atoms with E-state index in [1.165, 1.54) is 11.1 Å². The number of carbonyl (C=O) groups excluding carboxylic acids is 1. The van der Waals surface area contributed by atoms with Crippen LogP contribution >= 0.6 is 11.6 Å². The minimum Gasteiger partial charge on any atom is -0.352 e. The van der Waals surface area contributed by atoms with Crippen LogP contribution in [0.5, 0.6) is 0 Å². The summed E-state index contributed by atoms with van der Waals surface area (Å²) in [5, 5.41) is 8.13. The van der Waals surface area contributed by atoms with Gasteiger partial charge in [0.1, 0.15) is 5.56 Å². The highest BCUT2D eigenvalue weighted by Crippen LogP contribution is 2.28. The molecule has 6 heteroatoms. The molecule has 0 unspecified atom stereocenters. The zero-order chi connectivity index (χ0) is 23.3. The Kier molecular flexibility index (Phi) is 6.36. The number of amides is 1. The van der Waals surface area contributed by atoms with Crippen molar-refractivity contribution in [2.24, 2.45) is 0 Å². The molecule has 2 heterocycles. The zero-order valence-corrected chi connectivity index (χ0v) is 19.2. The largest absolute Gasteiger partial charge is 0.352 e. The van der Waals surface area contributed by atoms with Crippen molar-refractivity contribution in [3.8, 4) is 11.3 Å².